The maximum Gasteiger partial charge on any atom is 0.234 e. The predicted octanol–water partition coefficient (Wildman–Crippen LogP) is 6.34. The van der Waals surface area contributed by atoms with E-state index in [9.17, 15) is 4.79 Å². The van der Waals surface area contributed by atoms with E-state index in [-0.39, 0.29) is 11.7 Å². The summed E-state index contributed by atoms with van der Waals surface area (Å²) in [5.74, 6) is 2.31. The standard InChI is InChI=1S/C24H25BrN4O3S/c1-5-29-23(20-11-15-7-6-8-19(31-4)22(15)32-20)27-28-24(29)33-13-21(30)26-18-10-9-16(25)12-17(18)14(2)3/h6-12,14H,5,13H2,1-4H3,(H,26,30). The molecule has 1 N–H and O–H groups in total. The molecule has 2 aromatic carbocycles. The van der Waals surface area contributed by atoms with E-state index < -0.39 is 0 Å². The number of aromatic nitrogens is 3. The van der Waals surface area contributed by atoms with Crippen molar-refractivity contribution in [1.29, 1.82) is 0 Å². The fourth-order valence-corrected chi connectivity index (χ4v) is 4.79. The Morgan fingerprint density at radius 1 is 1.24 bits per heavy atom. The molecule has 0 unspecified atom stereocenters. The summed E-state index contributed by atoms with van der Waals surface area (Å²) in [6, 6.07) is 13.6. The van der Waals surface area contributed by atoms with Crippen LogP contribution in [0.1, 0.15) is 32.3 Å². The quantitative estimate of drug-likeness (QED) is 0.269. The number of benzene rings is 2. The van der Waals surface area contributed by atoms with E-state index in [0.717, 1.165) is 21.1 Å². The molecule has 2 heterocycles. The molecule has 0 aliphatic rings. The molecule has 2 aromatic heterocycles. The van der Waals surface area contributed by atoms with Crippen molar-refractivity contribution in [2.75, 3.05) is 18.2 Å². The number of nitrogens with zero attached hydrogens (tertiary/aromatic N) is 3. The van der Waals surface area contributed by atoms with E-state index in [2.05, 4.69) is 45.3 Å². The van der Waals surface area contributed by atoms with E-state index >= 15 is 0 Å². The Morgan fingerprint density at radius 3 is 2.79 bits per heavy atom. The average Bonchev–Trinajstić information content (AvgIpc) is 3.42. The number of nitrogens with one attached hydrogen (secondary N) is 1. The first-order valence-corrected chi connectivity index (χ1v) is 12.4. The highest BCUT2D eigenvalue weighted by Crippen LogP contribution is 2.34. The molecule has 0 aliphatic carbocycles. The summed E-state index contributed by atoms with van der Waals surface area (Å²) in [6.07, 6.45) is 0. The van der Waals surface area contributed by atoms with Gasteiger partial charge in [-0.05, 0) is 48.7 Å². The number of carbonyl (C=O) groups excluding carboxylic acids is 1. The van der Waals surface area contributed by atoms with Crippen LogP contribution in [-0.2, 0) is 11.3 Å². The van der Waals surface area contributed by atoms with E-state index in [1.807, 2.05) is 54.0 Å². The first kappa shape index (κ1) is 23.4. The molecule has 0 bridgehead atoms. The Balaban J connectivity index is 1.51. The number of furan rings is 1. The number of anilines is 1. The molecule has 0 spiro atoms. The zero-order chi connectivity index (χ0) is 23.5. The molecule has 4 aromatic rings. The smallest absolute Gasteiger partial charge is 0.234 e. The third-order valence-corrected chi connectivity index (χ3v) is 6.68. The van der Waals surface area contributed by atoms with Crippen molar-refractivity contribution in [3.8, 4) is 17.3 Å². The van der Waals surface area contributed by atoms with Gasteiger partial charge in [0.2, 0.25) is 11.7 Å². The van der Waals surface area contributed by atoms with E-state index in [0.29, 0.717) is 40.5 Å². The molecule has 0 saturated carbocycles. The van der Waals surface area contributed by atoms with Crippen LogP contribution in [0, 0.1) is 0 Å². The van der Waals surface area contributed by atoms with Crippen LogP contribution in [0.2, 0.25) is 0 Å². The first-order valence-electron chi connectivity index (χ1n) is 10.6. The maximum absolute atomic E-state index is 12.7. The molecule has 0 aliphatic heterocycles. The van der Waals surface area contributed by atoms with Gasteiger partial charge in [-0.15, -0.1) is 10.2 Å². The van der Waals surface area contributed by atoms with Crippen molar-refractivity contribution in [1.82, 2.24) is 14.8 Å². The lowest BCUT2D eigenvalue weighted by Gasteiger charge is -2.14. The summed E-state index contributed by atoms with van der Waals surface area (Å²) >= 11 is 4.85. The zero-order valence-corrected chi connectivity index (χ0v) is 21.3. The molecule has 0 fully saturated rings. The second-order valence-corrected chi connectivity index (χ2v) is 9.62. The summed E-state index contributed by atoms with van der Waals surface area (Å²) < 4.78 is 14.4. The number of methoxy groups -OCH3 is 1. The third kappa shape index (κ3) is 4.94. The van der Waals surface area contributed by atoms with Gasteiger partial charge in [-0.1, -0.05) is 53.7 Å². The summed E-state index contributed by atoms with van der Waals surface area (Å²) in [4.78, 5) is 12.7. The molecule has 0 radical (unpaired) electrons. The van der Waals surface area contributed by atoms with Crippen LogP contribution >= 0.6 is 27.7 Å². The van der Waals surface area contributed by atoms with Gasteiger partial charge >= 0.3 is 0 Å². The van der Waals surface area contributed by atoms with Crippen LogP contribution in [0.25, 0.3) is 22.6 Å². The topological polar surface area (TPSA) is 82.2 Å². The fourth-order valence-electron chi connectivity index (χ4n) is 3.61. The lowest BCUT2D eigenvalue weighted by atomic mass is 10.0. The van der Waals surface area contributed by atoms with Crippen molar-refractivity contribution < 1.29 is 13.9 Å². The number of carbonyl (C=O) groups is 1. The third-order valence-electron chi connectivity index (χ3n) is 5.22. The van der Waals surface area contributed by atoms with Gasteiger partial charge in [0.15, 0.2) is 22.2 Å². The van der Waals surface area contributed by atoms with Gasteiger partial charge in [0, 0.05) is 22.1 Å². The van der Waals surface area contributed by atoms with Gasteiger partial charge in [-0.3, -0.25) is 9.36 Å². The van der Waals surface area contributed by atoms with Crippen molar-refractivity contribution >= 4 is 50.3 Å². The minimum absolute atomic E-state index is 0.0927. The molecular formula is C24H25BrN4O3S. The Kier molecular flexibility index (Phi) is 7.09. The molecule has 0 saturated heterocycles. The molecule has 0 atom stereocenters. The number of hydrogen-bond acceptors (Lipinski definition) is 6. The van der Waals surface area contributed by atoms with Gasteiger partial charge in [0.05, 0.1) is 12.9 Å². The Morgan fingerprint density at radius 2 is 2.06 bits per heavy atom. The average molecular weight is 529 g/mol. The monoisotopic (exact) mass is 528 g/mol. The number of para-hydroxylation sites is 1. The predicted molar refractivity (Wildman–Crippen MR) is 135 cm³/mol. The number of fused-ring (bicyclic) bond motifs is 1. The highest BCUT2D eigenvalue weighted by Gasteiger charge is 2.19. The summed E-state index contributed by atoms with van der Waals surface area (Å²) in [7, 11) is 1.61. The normalized spacial score (nSPS) is 11.3. The lowest BCUT2D eigenvalue weighted by Crippen LogP contribution is -2.16. The van der Waals surface area contributed by atoms with Gasteiger partial charge in [-0.25, -0.2) is 0 Å². The Bertz CT molecular complexity index is 1300. The summed E-state index contributed by atoms with van der Waals surface area (Å²) in [5.41, 5.74) is 2.58. The van der Waals surface area contributed by atoms with Crippen LogP contribution in [-0.4, -0.2) is 33.5 Å². The van der Waals surface area contributed by atoms with Crippen LogP contribution in [0.4, 0.5) is 5.69 Å². The molecule has 7 nitrogen and oxygen atoms in total. The van der Waals surface area contributed by atoms with Crippen LogP contribution in [0.5, 0.6) is 5.75 Å². The second kappa shape index (κ2) is 10.0. The van der Waals surface area contributed by atoms with Crippen LogP contribution < -0.4 is 10.1 Å². The number of amides is 1. The second-order valence-electron chi connectivity index (χ2n) is 7.76. The highest BCUT2D eigenvalue weighted by molar-refractivity contribution is 9.10. The minimum atomic E-state index is -0.0927. The summed E-state index contributed by atoms with van der Waals surface area (Å²) in [6.45, 7) is 6.86. The van der Waals surface area contributed by atoms with Gasteiger partial charge < -0.3 is 14.5 Å². The molecule has 4 rings (SSSR count). The largest absolute Gasteiger partial charge is 0.493 e. The number of ether oxygens (including phenoxy) is 1. The number of hydrogen-bond donors (Lipinski definition) is 1. The zero-order valence-electron chi connectivity index (χ0n) is 18.9. The highest BCUT2D eigenvalue weighted by atomic mass is 79.9. The fraction of sp³-hybridized carbons (Fsp3) is 0.292. The van der Waals surface area contributed by atoms with Crippen molar-refractivity contribution in [2.24, 2.45) is 0 Å². The Hall–Kier alpha value is -2.78. The van der Waals surface area contributed by atoms with Crippen molar-refractivity contribution in [3.63, 3.8) is 0 Å². The molecular weight excluding hydrogens is 504 g/mol. The molecule has 9 heteroatoms. The molecule has 1 amide bonds. The van der Waals surface area contributed by atoms with Gasteiger partial charge in [0.1, 0.15) is 0 Å². The van der Waals surface area contributed by atoms with Crippen LogP contribution in [0.3, 0.4) is 0 Å². The first-order chi connectivity index (χ1) is 15.9. The van der Waals surface area contributed by atoms with Gasteiger partial charge in [-0.2, -0.15) is 0 Å². The molecule has 172 valence electrons. The SMILES string of the molecule is CCn1c(SCC(=O)Nc2ccc(Br)cc2C(C)C)nnc1-c1cc2cccc(OC)c2o1. The number of rotatable bonds is 8. The van der Waals surface area contributed by atoms with Gasteiger partial charge in [0.25, 0.3) is 0 Å². The Labute approximate surface area is 205 Å². The minimum Gasteiger partial charge on any atom is -0.493 e. The maximum atomic E-state index is 12.7. The number of halogens is 1. The van der Waals surface area contributed by atoms with E-state index in [1.54, 1.807) is 7.11 Å². The van der Waals surface area contributed by atoms with E-state index in [4.69, 9.17) is 9.15 Å². The molecule has 33 heavy (non-hydrogen) atoms. The van der Waals surface area contributed by atoms with Crippen molar-refractivity contribution in [3.05, 3.63) is 52.5 Å². The number of thioether (sulfide) groups is 1. The van der Waals surface area contributed by atoms with Crippen molar-refractivity contribution in [2.45, 2.75) is 38.4 Å². The van der Waals surface area contributed by atoms with Crippen LogP contribution in [0.15, 0.2) is 56.5 Å². The summed E-state index contributed by atoms with van der Waals surface area (Å²) in [5, 5.41) is 13.3. The lowest BCUT2D eigenvalue weighted by molar-refractivity contribution is -0.113. The van der Waals surface area contributed by atoms with E-state index in [1.165, 1.54) is 11.8 Å².